The van der Waals surface area contributed by atoms with E-state index in [4.69, 9.17) is 4.98 Å². The molecule has 0 radical (unpaired) electrons. The Bertz CT molecular complexity index is 704. The zero-order valence-electron chi connectivity index (χ0n) is 10.4. The van der Waals surface area contributed by atoms with Crippen LogP contribution in [-0.4, -0.2) is 21.5 Å². The van der Waals surface area contributed by atoms with E-state index in [1.54, 1.807) is 17.7 Å². The predicted octanol–water partition coefficient (Wildman–Crippen LogP) is 3.43. The van der Waals surface area contributed by atoms with E-state index in [1.165, 1.54) is 23.5 Å². The van der Waals surface area contributed by atoms with Gasteiger partial charge in [0.05, 0.1) is 23.1 Å². The molecule has 0 fully saturated rings. The zero-order chi connectivity index (χ0) is 12.7. The van der Waals surface area contributed by atoms with Crippen molar-refractivity contribution < 1.29 is 0 Å². The quantitative estimate of drug-likeness (QED) is 0.712. The van der Waals surface area contributed by atoms with Crippen LogP contribution in [0.25, 0.3) is 21.6 Å². The molecule has 0 spiro atoms. The molecule has 0 aliphatic carbocycles. The molecule has 0 saturated heterocycles. The number of fused-ring (bicyclic) bond motifs is 2. The van der Waals surface area contributed by atoms with E-state index in [2.05, 4.69) is 27.4 Å². The summed E-state index contributed by atoms with van der Waals surface area (Å²) in [5.74, 6) is 0. The molecule has 19 heavy (non-hydrogen) atoms. The van der Waals surface area contributed by atoms with Crippen LogP contribution in [0.3, 0.4) is 0 Å². The van der Waals surface area contributed by atoms with Crippen LogP contribution >= 0.6 is 11.3 Å². The lowest BCUT2D eigenvalue weighted by molar-refractivity contribution is 0.775. The average Bonchev–Trinajstić information content (AvgIpc) is 3.00. The van der Waals surface area contributed by atoms with E-state index in [0.29, 0.717) is 0 Å². The maximum atomic E-state index is 4.79. The van der Waals surface area contributed by atoms with Crippen molar-refractivity contribution in [1.29, 1.82) is 0 Å². The molecule has 1 aliphatic heterocycles. The SMILES string of the molecule is c1nc2ccc(-c3nc4c(s3)NCCCC4)cc2[nH]1. The summed E-state index contributed by atoms with van der Waals surface area (Å²) in [6.07, 6.45) is 5.28. The standard InChI is InChI=1S/C14H14N4S/c1-2-6-15-14-11(3-1)18-13(19-14)9-4-5-10-12(7-9)17-8-16-10/h4-5,7-8,15H,1-3,6H2,(H,16,17). The van der Waals surface area contributed by atoms with Crippen LogP contribution in [0.2, 0.25) is 0 Å². The van der Waals surface area contributed by atoms with Gasteiger partial charge in [0.2, 0.25) is 0 Å². The number of rotatable bonds is 1. The van der Waals surface area contributed by atoms with Crippen LogP contribution in [0, 0.1) is 0 Å². The number of hydrogen-bond acceptors (Lipinski definition) is 4. The zero-order valence-corrected chi connectivity index (χ0v) is 11.3. The summed E-state index contributed by atoms with van der Waals surface area (Å²) in [6.45, 7) is 1.06. The predicted molar refractivity (Wildman–Crippen MR) is 78.6 cm³/mol. The summed E-state index contributed by atoms with van der Waals surface area (Å²) in [7, 11) is 0. The van der Waals surface area contributed by atoms with Gasteiger partial charge in [-0.1, -0.05) is 11.3 Å². The maximum absolute atomic E-state index is 4.79. The Balaban J connectivity index is 1.78. The minimum atomic E-state index is 1.000. The molecule has 3 heterocycles. The number of aryl methyl sites for hydroxylation is 1. The first-order valence-electron chi connectivity index (χ1n) is 6.57. The molecule has 4 rings (SSSR count). The van der Waals surface area contributed by atoms with E-state index < -0.39 is 0 Å². The van der Waals surface area contributed by atoms with Crippen molar-refractivity contribution in [2.45, 2.75) is 19.3 Å². The Hall–Kier alpha value is -1.88. The summed E-state index contributed by atoms with van der Waals surface area (Å²) in [5.41, 5.74) is 4.45. The number of H-pyrrole nitrogens is 1. The lowest BCUT2D eigenvalue weighted by atomic mass is 10.2. The molecule has 2 N–H and O–H groups in total. The smallest absolute Gasteiger partial charge is 0.125 e. The second kappa shape index (κ2) is 4.35. The van der Waals surface area contributed by atoms with Crippen LogP contribution < -0.4 is 5.32 Å². The molecule has 0 saturated carbocycles. The number of anilines is 1. The number of nitrogens with one attached hydrogen (secondary N) is 2. The first-order chi connectivity index (χ1) is 9.40. The van der Waals surface area contributed by atoms with E-state index in [-0.39, 0.29) is 0 Å². The molecule has 3 aromatic rings. The van der Waals surface area contributed by atoms with Gasteiger partial charge in [0, 0.05) is 12.1 Å². The van der Waals surface area contributed by atoms with Crippen LogP contribution in [0.15, 0.2) is 24.5 Å². The first-order valence-corrected chi connectivity index (χ1v) is 7.39. The van der Waals surface area contributed by atoms with Crippen molar-refractivity contribution in [1.82, 2.24) is 15.0 Å². The Kier molecular flexibility index (Phi) is 2.51. The largest absolute Gasteiger partial charge is 0.375 e. The highest BCUT2D eigenvalue weighted by atomic mass is 32.1. The Labute approximate surface area is 114 Å². The number of aromatic amines is 1. The van der Waals surface area contributed by atoms with Crippen molar-refractivity contribution in [3.8, 4) is 10.6 Å². The van der Waals surface area contributed by atoms with Gasteiger partial charge in [0.1, 0.15) is 10.0 Å². The second-order valence-corrected chi connectivity index (χ2v) is 5.81. The molecule has 1 aromatic carbocycles. The Morgan fingerprint density at radius 3 is 3.21 bits per heavy atom. The van der Waals surface area contributed by atoms with E-state index in [9.17, 15) is 0 Å². The van der Waals surface area contributed by atoms with Gasteiger partial charge in [-0.25, -0.2) is 9.97 Å². The number of imidazole rings is 1. The first kappa shape index (κ1) is 11.0. The van der Waals surface area contributed by atoms with Crippen molar-refractivity contribution in [3.63, 3.8) is 0 Å². The van der Waals surface area contributed by atoms with Gasteiger partial charge < -0.3 is 10.3 Å². The monoisotopic (exact) mass is 270 g/mol. The third kappa shape index (κ3) is 1.90. The lowest BCUT2D eigenvalue weighted by Gasteiger charge is -1.98. The van der Waals surface area contributed by atoms with Gasteiger partial charge in [-0.2, -0.15) is 0 Å². The molecule has 0 atom stereocenters. The molecule has 0 bridgehead atoms. The number of nitrogens with zero attached hydrogens (tertiary/aromatic N) is 2. The number of aromatic nitrogens is 3. The summed E-state index contributed by atoms with van der Waals surface area (Å²) in [4.78, 5) is 12.2. The second-order valence-electron chi connectivity index (χ2n) is 4.81. The molecule has 0 unspecified atom stereocenters. The highest BCUT2D eigenvalue weighted by Crippen LogP contribution is 2.34. The van der Waals surface area contributed by atoms with Gasteiger partial charge in [0.25, 0.3) is 0 Å². The van der Waals surface area contributed by atoms with Crippen molar-refractivity contribution in [2.24, 2.45) is 0 Å². The van der Waals surface area contributed by atoms with E-state index in [0.717, 1.165) is 34.6 Å². The molecule has 5 heteroatoms. The summed E-state index contributed by atoms with van der Waals surface area (Å²) in [6, 6.07) is 6.27. The van der Waals surface area contributed by atoms with Crippen molar-refractivity contribution in [3.05, 3.63) is 30.2 Å². The molecule has 4 nitrogen and oxygen atoms in total. The summed E-state index contributed by atoms with van der Waals surface area (Å²) in [5, 5.41) is 5.82. The van der Waals surface area contributed by atoms with Crippen LogP contribution in [0.5, 0.6) is 0 Å². The maximum Gasteiger partial charge on any atom is 0.125 e. The van der Waals surface area contributed by atoms with Gasteiger partial charge in [0.15, 0.2) is 0 Å². The Morgan fingerprint density at radius 1 is 1.21 bits per heavy atom. The van der Waals surface area contributed by atoms with Gasteiger partial charge in [-0.05, 0) is 37.5 Å². The molecule has 96 valence electrons. The topological polar surface area (TPSA) is 53.6 Å². The molecule has 0 amide bonds. The van der Waals surface area contributed by atoms with E-state index in [1.807, 2.05) is 6.07 Å². The van der Waals surface area contributed by atoms with Gasteiger partial charge in [-0.3, -0.25) is 0 Å². The highest BCUT2D eigenvalue weighted by Gasteiger charge is 2.15. The third-order valence-corrected chi connectivity index (χ3v) is 4.59. The lowest BCUT2D eigenvalue weighted by Crippen LogP contribution is -1.96. The van der Waals surface area contributed by atoms with Crippen molar-refractivity contribution in [2.75, 3.05) is 11.9 Å². The minimum Gasteiger partial charge on any atom is -0.375 e. The van der Waals surface area contributed by atoms with Crippen LogP contribution in [-0.2, 0) is 6.42 Å². The minimum absolute atomic E-state index is 1.000. The fourth-order valence-corrected chi connectivity index (χ4v) is 3.50. The molecular weight excluding hydrogens is 256 g/mol. The van der Waals surface area contributed by atoms with Gasteiger partial charge >= 0.3 is 0 Å². The number of thiazole rings is 1. The fourth-order valence-electron chi connectivity index (χ4n) is 2.47. The molecule has 2 aromatic heterocycles. The summed E-state index contributed by atoms with van der Waals surface area (Å²) < 4.78 is 0. The number of hydrogen-bond donors (Lipinski definition) is 2. The normalized spacial score (nSPS) is 14.9. The van der Waals surface area contributed by atoms with Crippen molar-refractivity contribution >= 4 is 27.4 Å². The third-order valence-electron chi connectivity index (χ3n) is 3.49. The number of benzene rings is 1. The van der Waals surface area contributed by atoms with Gasteiger partial charge in [-0.15, -0.1) is 0 Å². The highest BCUT2D eigenvalue weighted by molar-refractivity contribution is 7.19. The Morgan fingerprint density at radius 2 is 2.21 bits per heavy atom. The summed E-state index contributed by atoms with van der Waals surface area (Å²) >= 11 is 1.76. The van der Waals surface area contributed by atoms with E-state index >= 15 is 0 Å². The van der Waals surface area contributed by atoms with Crippen LogP contribution in [0.4, 0.5) is 5.00 Å². The molecule has 1 aliphatic rings. The van der Waals surface area contributed by atoms with Crippen LogP contribution in [0.1, 0.15) is 18.5 Å². The fraction of sp³-hybridized carbons (Fsp3) is 0.286. The molecular formula is C14H14N4S. The average molecular weight is 270 g/mol.